The van der Waals surface area contributed by atoms with E-state index < -0.39 is 21.3 Å². The van der Waals surface area contributed by atoms with E-state index in [1.807, 2.05) is 0 Å². The van der Waals surface area contributed by atoms with Crippen molar-refractivity contribution in [2.24, 2.45) is 11.3 Å². The summed E-state index contributed by atoms with van der Waals surface area (Å²) in [4.78, 5) is 0. The molecular formula is C41H52Zr. The normalized spacial score (nSPS) is 17.9. The molecule has 1 unspecified atom stereocenters. The first kappa shape index (κ1) is 31.3. The SMILES string of the molecule is CCCC1C=C(C(C)(C)C)C=[C]1[Zr](=[C](C)c1ccccc1)[CH]1c2cc(C(C)(C)C)ccc2-c2ccc(C(C)(C)C)cc21. The van der Waals surface area contributed by atoms with E-state index in [0.717, 1.165) is 0 Å². The van der Waals surface area contributed by atoms with Crippen LogP contribution in [0.4, 0.5) is 0 Å². The van der Waals surface area contributed by atoms with Crippen molar-refractivity contribution in [3.05, 3.63) is 116 Å². The predicted octanol–water partition coefficient (Wildman–Crippen LogP) is 11.5. The van der Waals surface area contributed by atoms with Crippen molar-refractivity contribution in [2.75, 3.05) is 0 Å². The van der Waals surface area contributed by atoms with Crippen LogP contribution in [0, 0.1) is 11.3 Å². The fourth-order valence-corrected chi connectivity index (χ4v) is 16.0. The molecule has 0 spiro atoms. The zero-order valence-electron chi connectivity index (χ0n) is 28.1. The molecule has 0 nitrogen and oxygen atoms in total. The van der Waals surface area contributed by atoms with Crippen LogP contribution in [0.25, 0.3) is 11.1 Å². The molecule has 0 fully saturated rings. The van der Waals surface area contributed by atoms with Crippen molar-refractivity contribution >= 4 is 3.21 Å². The Hall–Kier alpha value is -2.11. The summed E-state index contributed by atoms with van der Waals surface area (Å²) < 4.78 is 3.96. The van der Waals surface area contributed by atoms with Crippen LogP contribution in [0.3, 0.4) is 0 Å². The molecule has 0 bridgehead atoms. The van der Waals surface area contributed by atoms with Gasteiger partial charge in [0.15, 0.2) is 0 Å². The first-order valence-corrected chi connectivity index (χ1v) is 20.0. The Kier molecular flexibility index (Phi) is 8.53. The Labute approximate surface area is 264 Å². The number of hydrogen-bond acceptors (Lipinski definition) is 0. The van der Waals surface area contributed by atoms with Gasteiger partial charge in [-0.3, -0.25) is 0 Å². The second-order valence-electron chi connectivity index (χ2n) is 15.8. The molecule has 2 aliphatic rings. The average molecular weight is 636 g/mol. The Bertz CT molecular complexity index is 1510. The van der Waals surface area contributed by atoms with Crippen molar-refractivity contribution < 1.29 is 21.3 Å². The number of benzene rings is 3. The van der Waals surface area contributed by atoms with Gasteiger partial charge in [-0.15, -0.1) is 0 Å². The van der Waals surface area contributed by atoms with Gasteiger partial charge in [0.25, 0.3) is 0 Å². The molecule has 3 aromatic rings. The van der Waals surface area contributed by atoms with Gasteiger partial charge >= 0.3 is 266 Å². The maximum absolute atomic E-state index is 2.69. The fraction of sp³-hybridized carbons (Fsp3) is 0.439. The first-order valence-electron chi connectivity index (χ1n) is 16.1. The molecule has 1 atom stereocenters. The summed E-state index contributed by atoms with van der Waals surface area (Å²) in [5, 5.41) is 0. The van der Waals surface area contributed by atoms with Gasteiger partial charge in [0.2, 0.25) is 0 Å². The van der Waals surface area contributed by atoms with Gasteiger partial charge in [-0.2, -0.15) is 0 Å². The topological polar surface area (TPSA) is 0 Å². The molecule has 1 heteroatoms. The van der Waals surface area contributed by atoms with E-state index in [1.54, 1.807) is 23.2 Å². The van der Waals surface area contributed by atoms with Crippen LogP contribution in [-0.4, -0.2) is 3.21 Å². The van der Waals surface area contributed by atoms with Crippen LogP contribution in [0.2, 0.25) is 0 Å². The Morgan fingerprint density at radius 3 is 1.67 bits per heavy atom. The van der Waals surface area contributed by atoms with Gasteiger partial charge in [0, 0.05) is 0 Å². The van der Waals surface area contributed by atoms with Crippen LogP contribution >= 0.6 is 0 Å². The standard InChI is InChI=1S/C21H25.C12H19.C8H8.Zr/c1-20(2,3)16-7-9-18-14(12-16)11-15-13-17(21(4,5)6)8-10-19(15)18;1-5-6-10-7-8-11(9-10)12(2,3)4;1-2-8-6-4-3-5-7-8;/h7-13H,1-6H3;8-10H,5-6H2,1-4H3;3-7H,1H3;. The molecule has 0 N–H and O–H groups in total. The molecule has 2 aliphatic carbocycles. The minimum atomic E-state index is -2.61. The van der Waals surface area contributed by atoms with Gasteiger partial charge in [0.05, 0.1) is 0 Å². The molecule has 0 amide bonds. The molecule has 0 saturated carbocycles. The molecule has 42 heavy (non-hydrogen) atoms. The third-order valence-electron chi connectivity index (χ3n) is 9.51. The summed E-state index contributed by atoms with van der Waals surface area (Å²) in [6, 6.07) is 26.3. The summed E-state index contributed by atoms with van der Waals surface area (Å²) in [5.41, 5.74) is 12.4. The Morgan fingerprint density at radius 1 is 0.690 bits per heavy atom. The summed E-state index contributed by atoms with van der Waals surface area (Å²) in [5.74, 6) is 0.557. The van der Waals surface area contributed by atoms with Gasteiger partial charge in [0.1, 0.15) is 0 Å². The van der Waals surface area contributed by atoms with E-state index in [-0.39, 0.29) is 16.2 Å². The van der Waals surface area contributed by atoms with E-state index in [9.17, 15) is 0 Å². The monoisotopic (exact) mass is 634 g/mol. The van der Waals surface area contributed by atoms with Crippen LogP contribution in [0.5, 0.6) is 0 Å². The van der Waals surface area contributed by atoms with E-state index in [4.69, 9.17) is 0 Å². The molecule has 0 aliphatic heterocycles. The Morgan fingerprint density at radius 2 is 1.21 bits per heavy atom. The van der Waals surface area contributed by atoms with Crippen LogP contribution in [0.1, 0.15) is 120 Å². The third-order valence-corrected chi connectivity index (χ3v) is 18.0. The molecule has 3 aromatic carbocycles. The summed E-state index contributed by atoms with van der Waals surface area (Å²) >= 11 is -2.61. The fourth-order valence-electron chi connectivity index (χ4n) is 6.87. The summed E-state index contributed by atoms with van der Waals surface area (Å²) in [6.07, 6.45) is 7.82. The zero-order valence-corrected chi connectivity index (χ0v) is 30.5. The second kappa shape index (κ2) is 11.4. The van der Waals surface area contributed by atoms with Crippen LogP contribution < -0.4 is 0 Å². The van der Waals surface area contributed by atoms with Crippen molar-refractivity contribution in [1.82, 2.24) is 0 Å². The molecule has 0 heterocycles. The average Bonchev–Trinajstić information content (AvgIpc) is 3.48. The second-order valence-corrected chi connectivity index (χ2v) is 22.5. The quantitative estimate of drug-likeness (QED) is 0.262. The van der Waals surface area contributed by atoms with Gasteiger partial charge in [-0.05, 0) is 0 Å². The van der Waals surface area contributed by atoms with E-state index in [0.29, 0.717) is 9.54 Å². The maximum atomic E-state index is 2.69. The number of allylic oxidation sites excluding steroid dienone is 4. The first-order chi connectivity index (χ1) is 19.6. The minimum absolute atomic E-state index is 0.116. The van der Waals surface area contributed by atoms with E-state index >= 15 is 0 Å². The van der Waals surface area contributed by atoms with Crippen molar-refractivity contribution in [3.8, 4) is 11.1 Å². The molecule has 0 aromatic heterocycles. The third kappa shape index (κ3) is 5.98. The Balaban J connectivity index is 1.86. The molecular weight excluding hydrogens is 584 g/mol. The molecule has 0 radical (unpaired) electrons. The predicted molar refractivity (Wildman–Crippen MR) is 181 cm³/mol. The van der Waals surface area contributed by atoms with Gasteiger partial charge < -0.3 is 0 Å². The summed E-state index contributed by atoms with van der Waals surface area (Å²) in [6.45, 7) is 26.2. The number of fused-ring (bicyclic) bond motifs is 3. The van der Waals surface area contributed by atoms with Crippen molar-refractivity contribution in [2.45, 2.75) is 103 Å². The van der Waals surface area contributed by atoms with E-state index in [1.165, 1.54) is 40.7 Å². The van der Waals surface area contributed by atoms with E-state index in [2.05, 4.69) is 155 Å². The molecule has 220 valence electrons. The molecule has 5 rings (SSSR count). The van der Waals surface area contributed by atoms with Crippen LogP contribution in [0.15, 0.2) is 87.7 Å². The van der Waals surface area contributed by atoms with Crippen molar-refractivity contribution in [1.29, 1.82) is 0 Å². The zero-order chi connectivity index (χ0) is 30.6. The van der Waals surface area contributed by atoms with Crippen molar-refractivity contribution in [3.63, 3.8) is 0 Å². The number of rotatable bonds is 5. The van der Waals surface area contributed by atoms with Gasteiger partial charge in [-0.1, -0.05) is 0 Å². The molecule has 0 saturated heterocycles. The van der Waals surface area contributed by atoms with Gasteiger partial charge in [-0.25, -0.2) is 0 Å². The summed E-state index contributed by atoms with van der Waals surface area (Å²) in [7, 11) is 0. The van der Waals surface area contributed by atoms with Crippen LogP contribution in [-0.2, 0) is 32.1 Å². The number of hydrogen-bond donors (Lipinski definition) is 0.